The molecule has 1 rings (SSSR count). The minimum Gasteiger partial charge on any atom is -0.469 e. The average molecular weight is 287 g/mol. The van der Waals surface area contributed by atoms with Gasteiger partial charge in [-0.15, -0.1) is 0 Å². The Hall–Kier alpha value is -1.53. The molecule has 0 aromatic heterocycles. The van der Waals surface area contributed by atoms with Crippen LogP contribution in [0.5, 0.6) is 0 Å². The smallest absolute Gasteiger partial charge is 0.309 e. The Morgan fingerprint density at radius 3 is 2.65 bits per heavy atom. The maximum absolute atomic E-state index is 13.5. The topological polar surface area (TPSA) is 49.8 Å². The molecule has 0 aliphatic carbocycles. The summed E-state index contributed by atoms with van der Waals surface area (Å²) in [5, 5.41) is 9.94. The van der Waals surface area contributed by atoms with Gasteiger partial charge < -0.3 is 14.7 Å². The molecule has 6 heteroatoms. The van der Waals surface area contributed by atoms with Crippen LogP contribution in [0, 0.1) is 17.6 Å². The Labute approximate surface area is 117 Å². The molecular weight excluding hydrogens is 268 g/mol. The number of carbonyl (C=O) groups excluding carboxylic acids is 1. The Kier molecular flexibility index (Phi) is 6.04. The summed E-state index contributed by atoms with van der Waals surface area (Å²) < 4.78 is 31.2. The molecule has 0 amide bonds. The number of likely N-dealkylation sites (N-methyl/N-ethyl adjacent to an activating group) is 1. The fourth-order valence-electron chi connectivity index (χ4n) is 1.98. The number of esters is 1. The lowest BCUT2D eigenvalue weighted by Gasteiger charge is -2.23. The van der Waals surface area contributed by atoms with Crippen molar-refractivity contribution in [1.82, 2.24) is 4.90 Å². The van der Waals surface area contributed by atoms with Crippen LogP contribution < -0.4 is 0 Å². The number of hydrogen-bond donors (Lipinski definition) is 1. The average Bonchev–Trinajstić information content (AvgIpc) is 2.40. The minimum absolute atomic E-state index is 0.0850. The van der Waals surface area contributed by atoms with Crippen LogP contribution in [0.25, 0.3) is 0 Å². The van der Waals surface area contributed by atoms with Gasteiger partial charge in [0.2, 0.25) is 0 Å². The molecule has 0 radical (unpaired) electrons. The zero-order valence-electron chi connectivity index (χ0n) is 11.8. The number of rotatable bonds is 6. The maximum atomic E-state index is 13.5. The van der Waals surface area contributed by atoms with Crippen LogP contribution in [-0.4, -0.2) is 43.2 Å². The lowest BCUT2D eigenvalue weighted by molar-refractivity contribution is -0.145. The van der Waals surface area contributed by atoms with Gasteiger partial charge in [-0.25, -0.2) is 8.78 Å². The molecule has 112 valence electrons. The minimum atomic E-state index is -1.17. The van der Waals surface area contributed by atoms with Crippen LogP contribution in [-0.2, 0) is 9.53 Å². The number of methoxy groups -OCH3 is 1. The molecule has 1 aromatic carbocycles. The molecule has 4 nitrogen and oxygen atoms in total. The molecule has 0 spiro atoms. The Bertz CT molecular complexity index is 468. The Morgan fingerprint density at radius 1 is 1.40 bits per heavy atom. The third kappa shape index (κ3) is 4.54. The molecule has 0 saturated heterocycles. The van der Waals surface area contributed by atoms with Gasteiger partial charge in [-0.3, -0.25) is 4.79 Å². The van der Waals surface area contributed by atoms with Crippen molar-refractivity contribution >= 4 is 5.97 Å². The fourth-order valence-corrected chi connectivity index (χ4v) is 1.98. The number of benzene rings is 1. The fraction of sp³-hybridized carbons (Fsp3) is 0.500. The number of aliphatic hydroxyl groups excluding tert-OH is 1. The van der Waals surface area contributed by atoms with Crippen molar-refractivity contribution in [3.8, 4) is 0 Å². The second-order valence-corrected chi connectivity index (χ2v) is 4.83. The van der Waals surface area contributed by atoms with Crippen molar-refractivity contribution in [3.63, 3.8) is 0 Å². The van der Waals surface area contributed by atoms with E-state index in [-0.39, 0.29) is 24.0 Å². The number of hydrogen-bond acceptors (Lipinski definition) is 4. The van der Waals surface area contributed by atoms with E-state index in [4.69, 9.17) is 0 Å². The molecule has 0 aliphatic rings. The van der Waals surface area contributed by atoms with Crippen LogP contribution in [0.3, 0.4) is 0 Å². The summed E-state index contributed by atoms with van der Waals surface area (Å²) in [6.07, 6.45) is -1.17. The second-order valence-electron chi connectivity index (χ2n) is 4.83. The summed E-state index contributed by atoms with van der Waals surface area (Å²) in [5.41, 5.74) is -0.0948. The quantitative estimate of drug-likeness (QED) is 0.810. The van der Waals surface area contributed by atoms with Gasteiger partial charge in [0.1, 0.15) is 11.6 Å². The maximum Gasteiger partial charge on any atom is 0.309 e. The van der Waals surface area contributed by atoms with Crippen molar-refractivity contribution < 1.29 is 23.4 Å². The highest BCUT2D eigenvalue weighted by Crippen LogP contribution is 2.19. The van der Waals surface area contributed by atoms with Gasteiger partial charge in [0.05, 0.1) is 19.1 Å². The van der Waals surface area contributed by atoms with Crippen molar-refractivity contribution in [3.05, 3.63) is 35.4 Å². The summed E-state index contributed by atoms with van der Waals surface area (Å²) in [5.74, 6) is -1.99. The summed E-state index contributed by atoms with van der Waals surface area (Å²) in [6.45, 7) is 2.12. The summed E-state index contributed by atoms with van der Waals surface area (Å²) in [7, 11) is 2.98. The number of carbonyl (C=O) groups is 1. The largest absolute Gasteiger partial charge is 0.469 e. The van der Waals surface area contributed by atoms with E-state index < -0.39 is 17.7 Å². The molecule has 2 atom stereocenters. The first-order valence-corrected chi connectivity index (χ1v) is 6.24. The molecule has 0 heterocycles. The second kappa shape index (κ2) is 7.31. The van der Waals surface area contributed by atoms with E-state index in [1.807, 2.05) is 0 Å². The lowest BCUT2D eigenvalue weighted by Crippen LogP contribution is -2.32. The van der Waals surface area contributed by atoms with Gasteiger partial charge in [0.15, 0.2) is 0 Å². The van der Waals surface area contributed by atoms with Crippen molar-refractivity contribution in [2.24, 2.45) is 5.92 Å². The third-order valence-electron chi connectivity index (χ3n) is 2.99. The van der Waals surface area contributed by atoms with E-state index in [9.17, 15) is 18.7 Å². The molecule has 0 bridgehead atoms. The highest BCUT2D eigenvalue weighted by Gasteiger charge is 2.19. The standard InChI is InChI=1S/C14H19F2NO3/c1-9(14(19)20-3)7-17(2)8-13(18)11-6-10(15)4-5-12(11)16/h4-6,9,13,18H,7-8H2,1-3H3. The molecule has 0 fully saturated rings. The molecule has 20 heavy (non-hydrogen) atoms. The van der Waals surface area contributed by atoms with Gasteiger partial charge >= 0.3 is 5.97 Å². The van der Waals surface area contributed by atoms with Gasteiger partial charge in [0, 0.05) is 18.7 Å². The molecular formula is C14H19F2NO3. The van der Waals surface area contributed by atoms with Crippen LogP contribution in [0.2, 0.25) is 0 Å². The molecule has 0 aliphatic heterocycles. The molecule has 0 saturated carbocycles. The van der Waals surface area contributed by atoms with E-state index in [1.54, 1.807) is 18.9 Å². The van der Waals surface area contributed by atoms with Crippen LogP contribution >= 0.6 is 0 Å². The molecule has 1 aromatic rings. The first-order valence-electron chi connectivity index (χ1n) is 6.24. The van der Waals surface area contributed by atoms with E-state index >= 15 is 0 Å². The van der Waals surface area contributed by atoms with Crippen molar-refractivity contribution in [2.75, 3.05) is 27.2 Å². The molecule has 2 unspecified atom stereocenters. The van der Waals surface area contributed by atoms with Gasteiger partial charge in [-0.05, 0) is 25.2 Å². The summed E-state index contributed by atoms with van der Waals surface area (Å²) in [6, 6.07) is 2.94. The Balaban J connectivity index is 2.63. The van der Waals surface area contributed by atoms with Crippen LogP contribution in [0.4, 0.5) is 8.78 Å². The number of ether oxygens (including phenoxy) is 1. The Morgan fingerprint density at radius 2 is 2.05 bits per heavy atom. The number of aliphatic hydroxyl groups is 1. The van der Waals surface area contributed by atoms with Crippen LogP contribution in [0.15, 0.2) is 18.2 Å². The van der Waals surface area contributed by atoms with E-state index in [1.165, 1.54) is 7.11 Å². The zero-order chi connectivity index (χ0) is 15.3. The number of nitrogens with zero attached hydrogens (tertiary/aromatic N) is 1. The predicted octanol–water partition coefficient (Wildman–Crippen LogP) is 1.74. The number of halogens is 2. The summed E-state index contributed by atoms with van der Waals surface area (Å²) >= 11 is 0. The van der Waals surface area contributed by atoms with Gasteiger partial charge in [-0.1, -0.05) is 6.92 Å². The van der Waals surface area contributed by atoms with E-state index in [0.29, 0.717) is 6.54 Å². The van der Waals surface area contributed by atoms with Crippen molar-refractivity contribution in [1.29, 1.82) is 0 Å². The normalized spacial score (nSPS) is 14.2. The van der Waals surface area contributed by atoms with E-state index in [2.05, 4.69) is 4.74 Å². The summed E-state index contributed by atoms with van der Waals surface area (Å²) in [4.78, 5) is 12.9. The zero-order valence-corrected chi connectivity index (χ0v) is 11.8. The highest BCUT2D eigenvalue weighted by atomic mass is 19.1. The predicted molar refractivity (Wildman–Crippen MR) is 70.0 cm³/mol. The van der Waals surface area contributed by atoms with Gasteiger partial charge in [0.25, 0.3) is 0 Å². The third-order valence-corrected chi connectivity index (χ3v) is 2.99. The SMILES string of the molecule is COC(=O)C(C)CN(C)CC(O)c1cc(F)ccc1F. The van der Waals surface area contributed by atoms with E-state index in [0.717, 1.165) is 18.2 Å². The first kappa shape index (κ1) is 16.5. The van der Waals surface area contributed by atoms with Gasteiger partial charge in [-0.2, -0.15) is 0 Å². The first-order chi connectivity index (χ1) is 9.35. The van der Waals surface area contributed by atoms with Crippen LogP contribution in [0.1, 0.15) is 18.6 Å². The molecule has 1 N–H and O–H groups in total. The van der Waals surface area contributed by atoms with Crippen molar-refractivity contribution in [2.45, 2.75) is 13.0 Å². The monoisotopic (exact) mass is 287 g/mol. The highest BCUT2D eigenvalue weighted by molar-refractivity contribution is 5.72. The lowest BCUT2D eigenvalue weighted by atomic mass is 10.1.